The quantitative estimate of drug-likeness (QED) is 0.334. The van der Waals surface area contributed by atoms with E-state index < -0.39 is 0 Å². The highest BCUT2D eigenvalue weighted by molar-refractivity contribution is 8.77. The predicted octanol–water partition coefficient (Wildman–Crippen LogP) is 3.58. The number of hydrogen-bond donors (Lipinski definition) is 0. The van der Waals surface area contributed by atoms with Gasteiger partial charge in [-0.2, -0.15) is 0 Å². The van der Waals surface area contributed by atoms with Crippen molar-refractivity contribution in [1.29, 1.82) is 0 Å². The lowest BCUT2D eigenvalue weighted by atomic mass is 10.3. The first-order chi connectivity index (χ1) is 10.7. The summed E-state index contributed by atoms with van der Waals surface area (Å²) in [6, 6.07) is 17.7. The van der Waals surface area contributed by atoms with Gasteiger partial charge in [0.25, 0.3) is 0 Å². The Kier molecular flexibility index (Phi) is 6.86. The minimum absolute atomic E-state index is 0.165. The fourth-order valence-electron chi connectivity index (χ4n) is 1.48. The molecule has 0 saturated heterocycles. The number of esters is 2. The highest BCUT2D eigenvalue weighted by atomic mass is 33.1. The third-order valence-corrected chi connectivity index (χ3v) is 4.47. The second-order valence-corrected chi connectivity index (χ2v) is 6.56. The molecule has 0 spiro atoms. The molecule has 0 radical (unpaired) electrons. The van der Waals surface area contributed by atoms with Gasteiger partial charge in [0.05, 0.1) is 0 Å². The van der Waals surface area contributed by atoms with Crippen molar-refractivity contribution in [3.8, 4) is 11.5 Å². The average Bonchev–Trinajstić information content (AvgIpc) is 2.53. The molecule has 0 aromatic heterocycles. The molecule has 2 aromatic carbocycles. The number of ether oxygens (including phenoxy) is 2. The minimum Gasteiger partial charge on any atom is -0.426 e. The second-order valence-electron chi connectivity index (χ2n) is 4.10. The number of carbonyl (C=O) groups is 2. The van der Waals surface area contributed by atoms with E-state index in [0.717, 1.165) is 0 Å². The van der Waals surface area contributed by atoms with Gasteiger partial charge < -0.3 is 9.47 Å². The Bertz CT molecular complexity index is 547. The van der Waals surface area contributed by atoms with Crippen LogP contribution in [0.5, 0.6) is 11.5 Å². The monoisotopic (exact) mass is 334 g/mol. The van der Waals surface area contributed by atoms with E-state index >= 15 is 0 Å². The van der Waals surface area contributed by atoms with Crippen molar-refractivity contribution in [2.24, 2.45) is 0 Å². The molecule has 0 aliphatic rings. The maximum atomic E-state index is 11.6. The lowest BCUT2D eigenvalue weighted by Crippen LogP contribution is -2.12. The van der Waals surface area contributed by atoms with Crippen molar-refractivity contribution in [3.05, 3.63) is 60.7 Å². The molecule has 0 heterocycles. The summed E-state index contributed by atoms with van der Waals surface area (Å²) in [5, 5.41) is 0. The van der Waals surface area contributed by atoms with E-state index in [1.54, 1.807) is 48.5 Å². The molecule has 22 heavy (non-hydrogen) atoms. The molecule has 0 unspecified atom stereocenters. The SMILES string of the molecule is O=C(CSSCC(=O)Oc1ccccc1)Oc1ccccc1. The molecular formula is C16H14O4S2. The molecule has 2 aromatic rings. The Morgan fingerprint density at radius 2 is 1.05 bits per heavy atom. The van der Waals surface area contributed by atoms with Crippen LogP contribution in [0.25, 0.3) is 0 Å². The highest BCUT2D eigenvalue weighted by Gasteiger charge is 2.08. The summed E-state index contributed by atoms with van der Waals surface area (Å²) in [6.45, 7) is 0. The van der Waals surface area contributed by atoms with E-state index in [1.807, 2.05) is 12.1 Å². The van der Waals surface area contributed by atoms with E-state index in [1.165, 1.54) is 21.6 Å². The maximum absolute atomic E-state index is 11.6. The Balaban J connectivity index is 1.60. The standard InChI is InChI=1S/C16H14O4S2/c17-15(19-13-7-3-1-4-8-13)11-21-22-12-16(18)20-14-9-5-2-6-10-14/h1-10H,11-12H2. The number of hydrogen-bond acceptors (Lipinski definition) is 6. The molecule has 2 rings (SSSR count). The Morgan fingerprint density at radius 3 is 1.41 bits per heavy atom. The van der Waals surface area contributed by atoms with Crippen molar-refractivity contribution >= 4 is 33.5 Å². The van der Waals surface area contributed by atoms with E-state index in [4.69, 9.17) is 9.47 Å². The number of para-hydroxylation sites is 2. The van der Waals surface area contributed by atoms with Crippen molar-refractivity contribution in [3.63, 3.8) is 0 Å². The first kappa shape index (κ1) is 16.5. The zero-order valence-electron chi connectivity index (χ0n) is 11.6. The summed E-state index contributed by atoms with van der Waals surface area (Å²) >= 11 is 0. The van der Waals surface area contributed by atoms with Crippen LogP contribution in [0.3, 0.4) is 0 Å². The van der Waals surface area contributed by atoms with Crippen LogP contribution in [0.1, 0.15) is 0 Å². The molecule has 0 fully saturated rings. The van der Waals surface area contributed by atoms with Crippen LogP contribution in [0, 0.1) is 0 Å². The van der Waals surface area contributed by atoms with Gasteiger partial charge in [0.15, 0.2) is 0 Å². The zero-order valence-corrected chi connectivity index (χ0v) is 13.3. The van der Waals surface area contributed by atoms with Crippen molar-refractivity contribution in [1.82, 2.24) is 0 Å². The normalized spacial score (nSPS) is 10.0. The molecule has 114 valence electrons. The Hall–Kier alpha value is -1.92. The largest absolute Gasteiger partial charge is 0.426 e. The zero-order chi connectivity index (χ0) is 15.6. The van der Waals surface area contributed by atoms with Crippen LogP contribution in [0.4, 0.5) is 0 Å². The number of rotatable bonds is 7. The Morgan fingerprint density at radius 1 is 0.682 bits per heavy atom. The Labute approximate surface area is 136 Å². The van der Waals surface area contributed by atoms with Crippen LogP contribution in [0.2, 0.25) is 0 Å². The third kappa shape index (κ3) is 6.24. The molecule has 6 heteroatoms. The molecule has 4 nitrogen and oxygen atoms in total. The molecule has 0 aliphatic carbocycles. The minimum atomic E-state index is -0.347. The summed E-state index contributed by atoms with van der Waals surface area (Å²) in [5.41, 5.74) is 0. The van der Waals surface area contributed by atoms with Gasteiger partial charge >= 0.3 is 11.9 Å². The van der Waals surface area contributed by atoms with Gasteiger partial charge in [-0.25, -0.2) is 0 Å². The predicted molar refractivity (Wildman–Crippen MR) is 89.1 cm³/mol. The van der Waals surface area contributed by atoms with E-state index in [-0.39, 0.29) is 23.4 Å². The highest BCUT2D eigenvalue weighted by Crippen LogP contribution is 2.22. The maximum Gasteiger partial charge on any atom is 0.322 e. The first-order valence-electron chi connectivity index (χ1n) is 6.50. The van der Waals surface area contributed by atoms with E-state index in [2.05, 4.69) is 0 Å². The van der Waals surface area contributed by atoms with Gasteiger partial charge in [0.2, 0.25) is 0 Å². The molecule has 0 N–H and O–H groups in total. The summed E-state index contributed by atoms with van der Waals surface area (Å²) in [4.78, 5) is 23.2. The molecule has 0 bridgehead atoms. The van der Waals surface area contributed by atoms with Gasteiger partial charge in [0.1, 0.15) is 23.0 Å². The molecule has 0 aliphatic heterocycles. The molecule has 0 amide bonds. The summed E-state index contributed by atoms with van der Waals surface area (Å²) in [5.74, 6) is 0.666. The van der Waals surface area contributed by atoms with Gasteiger partial charge in [-0.05, 0) is 24.3 Å². The topological polar surface area (TPSA) is 52.6 Å². The van der Waals surface area contributed by atoms with Crippen molar-refractivity contribution < 1.29 is 19.1 Å². The first-order valence-corrected chi connectivity index (χ1v) is 8.99. The van der Waals surface area contributed by atoms with Crippen LogP contribution < -0.4 is 9.47 Å². The van der Waals surface area contributed by atoms with Gasteiger partial charge in [0, 0.05) is 0 Å². The lowest BCUT2D eigenvalue weighted by Gasteiger charge is -2.04. The fraction of sp³-hybridized carbons (Fsp3) is 0.125. The number of carbonyl (C=O) groups excluding carboxylic acids is 2. The summed E-state index contributed by atoms with van der Waals surface area (Å²) in [7, 11) is 2.52. The fourth-order valence-corrected chi connectivity index (χ4v) is 3.03. The summed E-state index contributed by atoms with van der Waals surface area (Å²) < 4.78 is 10.3. The van der Waals surface area contributed by atoms with Crippen LogP contribution in [0.15, 0.2) is 60.7 Å². The van der Waals surface area contributed by atoms with Crippen LogP contribution in [-0.2, 0) is 9.59 Å². The molecule has 0 saturated carbocycles. The van der Waals surface area contributed by atoms with Gasteiger partial charge in [-0.15, -0.1) is 0 Å². The second kappa shape index (κ2) is 9.17. The summed E-state index contributed by atoms with van der Waals surface area (Å²) in [6.07, 6.45) is 0. The molecular weight excluding hydrogens is 320 g/mol. The number of benzene rings is 2. The third-order valence-electron chi connectivity index (χ3n) is 2.39. The van der Waals surface area contributed by atoms with Crippen molar-refractivity contribution in [2.75, 3.05) is 11.5 Å². The van der Waals surface area contributed by atoms with Crippen molar-refractivity contribution in [2.45, 2.75) is 0 Å². The molecule has 0 atom stereocenters. The van der Waals surface area contributed by atoms with Gasteiger partial charge in [-0.3, -0.25) is 9.59 Å². The van der Waals surface area contributed by atoms with Crippen LogP contribution in [-0.4, -0.2) is 23.4 Å². The van der Waals surface area contributed by atoms with Crippen LogP contribution >= 0.6 is 21.6 Å². The van der Waals surface area contributed by atoms with E-state index in [0.29, 0.717) is 11.5 Å². The lowest BCUT2D eigenvalue weighted by molar-refractivity contribution is -0.132. The smallest absolute Gasteiger partial charge is 0.322 e. The average molecular weight is 334 g/mol. The van der Waals surface area contributed by atoms with E-state index in [9.17, 15) is 9.59 Å². The van der Waals surface area contributed by atoms with Gasteiger partial charge in [-0.1, -0.05) is 58.0 Å².